The van der Waals surface area contributed by atoms with Gasteiger partial charge in [0.1, 0.15) is 0 Å². The van der Waals surface area contributed by atoms with E-state index >= 15 is 0 Å². The van der Waals surface area contributed by atoms with Crippen molar-refractivity contribution in [1.29, 1.82) is 0 Å². The van der Waals surface area contributed by atoms with Crippen LogP contribution in [0.4, 0.5) is 29.3 Å². The number of nitrogens with one attached hydrogen (secondary N) is 3. The largest absolute Gasteiger partial charge is 0.418 e. The lowest BCUT2D eigenvalue weighted by molar-refractivity contribution is -0.384. The zero-order chi connectivity index (χ0) is 22.1. The van der Waals surface area contributed by atoms with Crippen molar-refractivity contribution in [2.24, 2.45) is 0 Å². The molecule has 0 bridgehead atoms. The third-order valence-corrected chi connectivity index (χ3v) is 4.43. The van der Waals surface area contributed by atoms with Crippen molar-refractivity contribution in [2.75, 3.05) is 5.32 Å². The Morgan fingerprint density at radius 2 is 1.77 bits per heavy atom. The minimum atomic E-state index is -4.68. The van der Waals surface area contributed by atoms with Crippen molar-refractivity contribution in [3.8, 4) is 0 Å². The lowest BCUT2D eigenvalue weighted by Crippen LogP contribution is -2.46. The summed E-state index contributed by atoms with van der Waals surface area (Å²) in [4.78, 5) is 35.0. The van der Waals surface area contributed by atoms with Crippen LogP contribution in [0.3, 0.4) is 0 Å². The number of halogens is 3. The first-order valence-corrected chi connectivity index (χ1v) is 8.58. The van der Waals surface area contributed by atoms with Gasteiger partial charge in [-0.1, -0.05) is 12.1 Å². The maximum absolute atomic E-state index is 13.2. The van der Waals surface area contributed by atoms with E-state index in [0.29, 0.717) is 5.56 Å². The molecule has 8 nitrogen and oxygen atoms in total. The average Bonchev–Trinajstić information content (AvgIpc) is 2.67. The number of rotatable bonds is 4. The number of carbonyl (C=O) groups excluding carboxylic acids is 2. The van der Waals surface area contributed by atoms with Crippen molar-refractivity contribution in [2.45, 2.75) is 19.1 Å². The summed E-state index contributed by atoms with van der Waals surface area (Å²) in [6, 6.07) is 7.99. The van der Waals surface area contributed by atoms with Gasteiger partial charge in [-0.3, -0.25) is 14.9 Å². The molecule has 0 saturated heterocycles. The summed E-state index contributed by atoms with van der Waals surface area (Å²) in [6.45, 7) is 1.43. The summed E-state index contributed by atoms with van der Waals surface area (Å²) in [6.07, 6.45) is -4.68. The second kappa shape index (κ2) is 7.85. The van der Waals surface area contributed by atoms with Gasteiger partial charge in [0.15, 0.2) is 0 Å². The van der Waals surface area contributed by atoms with E-state index in [2.05, 4.69) is 16.0 Å². The predicted octanol–water partition coefficient (Wildman–Crippen LogP) is 3.88. The van der Waals surface area contributed by atoms with E-state index in [0.717, 1.165) is 12.1 Å². The van der Waals surface area contributed by atoms with E-state index in [1.165, 1.54) is 43.3 Å². The minimum absolute atomic E-state index is 0.0274. The number of nitrogens with zero attached hydrogens (tertiary/aromatic N) is 1. The number of anilines is 1. The van der Waals surface area contributed by atoms with E-state index in [1.54, 1.807) is 0 Å². The molecule has 156 valence electrons. The lowest BCUT2D eigenvalue weighted by Gasteiger charge is -2.29. The Morgan fingerprint density at radius 3 is 2.37 bits per heavy atom. The van der Waals surface area contributed by atoms with Gasteiger partial charge in [-0.2, -0.15) is 13.2 Å². The number of nitro benzene ring substituents is 1. The molecule has 3 amide bonds. The summed E-state index contributed by atoms with van der Waals surface area (Å²) < 4.78 is 39.7. The molecule has 0 aromatic heterocycles. The minimum Gasteiger partial charge on any atom is -0.327 e. The van der Waals surface area contributed by atoms with Gasteiger partial charge in [0.2, 0.25) is 0 Å². The Labute approximate surface area is 167 Å². The average molecular weight is 420 g/mol. The van der Waals surface area contributed by atoms with Crippen molar-refractivity contribution in [3.05, 3.63) is 81.0 Å². The fraction of sp³-hybridized carbons (Fsp3) is 0.158. The molecule has 3 rings (SSSR count). The van der Waals surface area contributed by atoms with Crippen LogP contribution in [0, 0.1) is 10.1 Å². The lowest BCUT2D eigenvalue weighted by atomic mass is 9.94. The van der Waals surface area contributed by atoms with Gasteiger partial charge >= 0.3 is 12.2 Å². The molecule has 11 heteroatoms. The monoisotopic (exact) mass is 420 g/mol. The van der Waals surface area contributed by atoms with Crippen LogP contribution in [-0.2, 0) is 11.0 Å². The summed E-state index contributed by atoms with van der Waals surface area (Å²) in [7, 11) is 0. The summed E-state index contributed by atoms with van der Waals surface area (Å²) in [5.74, 6) is -0.861. The predicted molar refractivity (Wildman–Crippen MR) is 100 cm³/mol. The normalized spacial score (nSPS) is 16.5. The number of amides is 3. The first-order valence-electron chi connectivity index (χ1n) is 8.58. The first-order chi connectivity index (χ1) is 14.1. The van der Waals surface area contributed by atoms with E-state index < -0.39 is 40.3 Å². The number of nitro groups is 1. The number of non-ortho nitro benzene ring substituents is 1. The van der Waals surface area contributed by atoms with Crippen LogP contribution in [0.5, 0.6) is 0 Å². The maximum Gasteiger partial charge on any atom is 0.418 e. The maximum atomic E-state index is 13.2. The van der Waals surface area contributed by atoms with Crippen molar-refractivity contribution in [3.63, 3.8) is 0 Å². The molecule has 2 aromatic carbocycles. The Balaban J connectivity index is 1.97. The molecule has 1 heterocycles. The molecule has 1 aliphatic heterocycles. The van der Waals surface area contributed by atoms with Gasteiger partial charge in [-0.25, -0.2) is 4.79 Å². The van der Waals surface area contributed by atoms with Crippen LogP contribution >= 0.6 is 0 Å². The van der Waals surface area contributed by atoms with Gasteiger partial charge in [-0.15, -0.1) is 0 Å². The van der Waals surface area contributed by atoms with Crippen LogP contribution in [0.2, 0.25) is 0 Å². The van der Waals surface area contributed by atoms with E-state index in [9.17, 15) is 32.9 Å². The molecule has 30 heavy (non-hydrogen) atoms. The fourth-order valence-electron chi connectivity index (χ4n) is 3.06. The van der Waals surface area contributed by atoms with Gasteiger partial charge in [0.25, 0.3) is 11.6 Å². The zero-order valence-corrected chi connectivity index (χ0v) is 15.4. The number of benzene rings is 2. The van der Waals surface area contributed by atoms with Crippen LogP contribution < -0.4 is 16.0 Å². The van der Waals surface area contributed by atoms with Crippen LogP contribution in [-0.4, -0.2) is 16.9 Å². The van der Waals surface area contributed by atoms with Gasteiger partial charge in [-0.05, 0) is 36.8 Å². The molecule has 0 spiro atoms. The van der Waals surface area contributed by atoms with E-state index in [4.69, 9.17) is 0 Å². The molecule has 0 radical (unpaired) electrons. The number of alkyl halides is 3. The van der Waals surface area contributed by atoms with Crippen molar-refractivity contribution >= 4 is 23.3 Å². The number of allylic oxidation sites excluding steroid dienone is 1. The van der Waals surface area contributed by atoms with Gasteiger partial charge in [0.05, 0.1) is 27.8 Å². The number of urea groups is 1. The SMILES string of the molecule is CC1=C(C(=O)Nc2ccccc2C(F)(F)F)[C@H](c2ccc([N+](=O)[O-])cc2)NC(=O)N1. The molecule has 3 N–H and O–H groups in total. The first kappa shape index (κ1) is 20.8. The Morgan fingerprint density at radius 1 is 1.13 bits per heavy atom. The molecular formula is C19H15F3N4O4. The number of carbonyl (C=O) groups is 2. The Bertz CT molecular complexity index is 1050. The fourth-order valence-corrected chi connectivity index (χ4v) is 3.06. The molecule has 0 aliphatic carbocycles. The highest BCUT2D eigenvalue weighted by molar-refractivity contribution is 6.07. The van der Waals surface area contributed by atoms with Crippen molar-refractivity contribution in [1.82, 2.24) is 10.6 Å². The Hall–Kier alpha value is -3.89. The van der Waals surface area contributed by atoms with Crippen LogP contribution in [0.15, 0.2) is 59.8 Å². The standard InChI is InChI=1S/C19H15F3N4O4/c1-10-15(17(27)24-14-5-3-2-4-13(14)19(20,21)22)16(25-18(28)23-10)11-6-8-12(9-7-11)26(29)30/h2-9,16H,1H3,(H,24,27)(H2,23,25,28)/t16-/m0/s1. The summed E-state index contributed by atoms with van der Waals surface area (Å²) in [5.41, 5.74) is -1.18. The molecule has 0 unspecified atom stereocenters. The highest BCUT2D eigenvalue weighted by Crippen LogP contribution is 2.35. The smallest absolute Gasteiger partial charge is 0.327 e. The van der Waals surface area contributed by atoms with E-state index in [1.807, 2.05) is 0 Å². The van der Waals surface area contributed by atoms with Crippen LogP contribution in [0.1, 0.15) is 24.1 Å². The quantitative estimate of drug-likeness (QED) is 0.515. The van der Waals surface area contributed by atoms with Gasteiger partial charge in [0, 0.05) is 17.8 Å². The number of hydrogen-bond acceptors (Lipinski definition) is 4. The molecule has 1 atom stereocenters. The van der Waals surface area contributed by atoms with E-state index in [-0.39, 0.29) is 17.0 Å². The number of para-hydroxylation sites is 1. The zero-order valence-electron chi connectivity index (χ0n) is 15.4. The van der Waals surface area contributed by atoms with Crippen LogP contribution in [0.25, 0.3) is 0 Å². The third-order valence-electron chi connectivity index (χ3n) is 4.43. The highest BCUT2D eigenvalue weighted by Gasteiger charge is 2.35. The molecule has 2 aromatic rings. The highest BCUT2D eigenvalue weighted by atomic mass is 19.4. The third kappa shape index (κ3) is 4.24. The second-order valence-corrected chi connectivity index (χ2v) is 6.42. The number of hydrogen-bond donors (Lipinski definition) is 3. The molecular weight excluding hydrogens is 405 g/mol. The Kier molecular flexibility index (Phi) is 5.45. The van der Waals surface area contributed by atoms with Gasteiger partial charge < -0.3 is 16.0 Å². The second-order valence-electron chi connectivity index (χ2n) is 6.42. The molecule has 0 fully saturated rings. The van der Waals surface area contributed by atoms with Crippen molar-refractivity contribution < 1.29 is 27.7 Å². The molecule has 1 aliphatic rings. The summed E-state index contributed by atoms with van der Waals surface area (Å²) >= 11 is 0. The topological polar surface area (TPSA) is 113 Å². The summed E-state index contributed by atoms with van der Waals surface area (Å²) in [5, 5.41) is 18.0. The molecule has 0 saturated carbocycles.